The van der Waals surface area contributed by atoms with Crippen LogP contribution >= 0.6 is 12.4 Å². The molecule has 1 aromatic rings. The molecule has 104 valence electrons. The molecule has 0 saturated heterocycles. The van der Waals surface area contributed by atoms with Crippen LogP contribution in [0.1, 0.15) is 30.1 Å². The van der Waals surface area contributed by atoms with Crippen LogP contribution in [0, 0.1) is 0 Å². The quantitative estimate of drug-likeness (QED) is 0.778. The van der Waals surface area contributed by atoms with E-state index >= 15 is 0 Å². The third-order valence-corrected chi connectivity index (χ3v) is 2.74. The van der Waals surface area contributed by atoms with E-state index in [1.807, 2.05) is 0 Å². The minimum Gasteiger partial charge on any atom is -0.349 e. The van der Waals surface area contributed by atoms with Crippen molar-refractivity contribution in [3.05, 3.63) is 29.8 Å². The van der Waals surface area contributed by atoms with E-state index in [9.17, 15) is 9.59 Å². The Morgan fingerprint density at radius 3 is 2.32 bits per heavy atom. The highest BCUT2D eigenvalue weighted by atomic mass is 35.5. The van der Waals surface area contributed by atoms with E-state index in [0.717, 1.165) is 12.8 Å². The first-order valence-electron chi connectivity index (χ1n) is 6.03. The topological polar surface area (TPSA) is 84.2 Å². The summed E-state index contributed by atoms with van der Waals surface area (Å²) in [6, 6.07) is 6.56. The lowest BCUT2D eigenvalue weighted by Crippen LogP contribution is -2.32. The second kappa shape index (κ2) is 6.54. The Bertz CT molecular complexity index is 455. The van der Waals surface area contributed by atoms with Gasteiger partial charge in [-0.15, -0.1) is 12.4 Å². The van der Waals surface area contributed by atoms with Gasteiger partial charge >= 0.3 is 0 Å². The second-order valence-corrected chi connectivity index (χ2v) is 4.60. The fourth-order valence-corrected chi connectivity index (χ4v) is 1.46. The third kappa shape index (κ3) is 4.54. The molecule has 0 aromatic heterocycles. The lowest BCUT2D eigenvalue weighted by atomic mass is 10.2. The molecular formula is C13H18ClN3O2. The summed E-state index contributed by atoms with van der Waals surface area (Å²) in [5.74, 6) is -0.312. The van der Waals surface area contributed by atoms with Crippen molar-refractivity contribution < 1.29 is 9.59 Å². The summed E-state index contributed by atoms with van der Waals surface area (Å²) in [5, 5.41) is 5.57. The van der Waals surface area contributed by atoms with Gasteiger partial charge in [0, 0.05) is 17.3 Å². The van der Waals surface area contributed by atoms with Crippen molar-refractivity contribution in [2.24, 2.45) is 5.73 Å². The Kier molecular flexibility index (Phi) is 5.32. The van der Waals surface area contributed by atoms with Crippen molar-refractivity contribution >= 4 is 29.9 Å². The molecule has 0 bridgehead atoms. The molecule has 2 rings (SSSR count). The number of amides is 2. The van der Waals surface area contributed by atoms with Gasteiger partial charge in [0.05, 0.1) is 6.04 Å². The highest BCUT2D eigenvalue weighted by Gasteiger charge is 2.23. The molecule has 1 aromatic carbocycles. The van der Waals surface area contributed by atoms with E-state index in [2.05, 4.69) is 10.6 Å². The molecule has 1 fully saturated rings. The van der Waals surface area contributed by atoms with Crippen molar-refractivity contribution in [1.29, 1.82) is 0 Å². The van der Waals surface area contributed by atoms with Crippen LogP contribution < -0.4 is 16.4 Å². The molecule has 1 aliphatic rings. The number of hydrogen-bond donors (Lipinski definition) is 3. The van der Waals surface area contributed by atoms with Crippen LogP contribution in [0.25, 0.3) is 0 Å². The number of anilines is 1. The lowest BCUT2D eigenvalue weighted by molar-refractivity contribution is -0.117. The molecule has 0 unspecified atom stereocenters. The van der Waals surface area contributed by atoms with E-state index in [1.54, 1.807) is 31.2 Å². The zero-order chi connectivity index (χ0) is 13.1. The Labute approximate surface area is 118 Å². The summed E-state index contributed by atoms with van der Waals surface area (Å²) in [6.45, 7) is 1.62. The number of halogens is 1. The van der Waals surface area contributed by atoms with Gasteiger partial charge in [-0.2, -0.15) is 0 Å². The standard InChI is InChI=1S/C13H17N3O2.ClH/c1-8(14)12(17)15-10-4-2-9(3-5-10)13(18)16-11-6-7-11;/h2-5,8,11H,6-7,14H2,1H3,(H,15,17)(H,16,18);1H/t8-;/m1./s1. The Morgan fingerprint density at radius 2 is 1.84 bits per heavy atom. The van der Waals surface area contributed by atoms with Gasteiger partial charge in [0.15, 0.2) is 0 Å². The molecule has 2 amide bonds. The number of nitrogens with two attached hydrogens (primary N) is 1. The van der Waals surface area contributed by atoms with E-state index in [-0.39, 0.29) is 24.2 Å². The number of nitrogens with one attached hydrogen (secondary N) is 2. The molecule has 0 spiro atoms. The number of benzene rings is 1. The van der Waals surface area contributed by atoms with Gasteiger partial charge in [-0.1, -0.05) is 0 Å². The van der Waals surface area contributed by atoms with Crippen LogP contribution in [0.5, 0.6) is 0 Å². The van der Waals surface area contributed by atoms with Gasteiger partial charge in [0.1, 0.15) is 0 Å². The predicted molar refractivity (Wildman–Crippen MR) is 76.5 cm³/mol. The van der Waals surface area contributed by atoms with E-state index < -0.39 is 6.04 Å². The average molecular weight is 284 g/mol. The largest absolute Gasteiger partial charge is 0.349 e. The predicted octanol–water partition coefficient (Wildman–Crippen LogP) is 1.29. The van der Waals surface area contributed by atoms with Gasteiger partial charge < -0.3 is 16.4 Å². The van der Waals surface area contributed by atoms with E-state index in [1.165, 1.54) is 0 Å². The lowest BCUT2D eigenvalue weighted by Gasteiger charge is -2.08. The molecule has 4 N–H and O–H groups in total. The summed E-state index contributed by atoms with van der Waals surface area (Å²) in [5.41, 5.74) is 6.68. The van der Waals surface area contributed by atoms with Crippen LogP contribution in [0.4, 0.5) is 5.69 Å². The Balaban J connectivity index is 0.00000180. The summed E-state index contributed by atoms with van der Waals surface area (Å²) in [4.78, 5) is 23.1. The van der Waals surface area contributed by atoms with E-state index in [4.69, 9.17) is 5.73 Å². The van der Waals surface area contributed by atoms with Gasteiger partial charge in [0.2, 0.25) is 5.91 Å². The Hall–Kier alpha value is -1.59. The normalized spacial score (nSPS) is 15.1. The summed E-state index contributed by atoms with van der Waals surface area (Å²) in [6.07, 6.45) is 2.13. The van der Waals surface area contributed by atoms with Gasteiger partial charge in [-0.25, -0.2) is 0 Å². The molecule has 5 nitrogen and oxygen atoms in total. The van der Waals surface area contributed by atoms with Gasteiger partial charge in [0.25, 0.3) is 5.91 Å². The highest BCUT2D eigenvalue weighted by molar-refractivity contribution is 5.97. The summed E-state index contributed by atoms with van der Waals surface area (Å²) < 4.78 is 0. The number of hydrogen-bond acceptors (Lipinski definition) is 3. The van der Waals surface area contributed by atoms with Crippen molar-refractivity contribution in [2.45, 2.75) is 31.8 Å². The second-order valence-electron chi connectivity index (χ2n) is 4.60. The van der Waals surface area contributed by atoms with Gasteiger partial charge in [-0.05, 0) is 44.0 Å². The summed E-state index contributed by atoms with van der Waals surface area (Å²) in [7, 11) is 0. The monoisotopic (exact) mass is 283 g/mol. The SMILES string of the molecule is C[C@@H](N)C(=O)Nc1ccc(C(=O)NC2CC2)cc1.Cl. The molecule has 1 atom stereocenters. The van der Waals surface area contributed by atoms with Gasteiger partial charge in [-0.3, -0.25) is 9.59 Å². The number of carbonyl (C=O) groups is 2. The van der Waals surface area contributed by atoms with Crippen LogP contribution in [-0.2, 0) is 4.79 Å². The smallest absolute Gasteiger partial charge is 0.251 e. The minimum atomic E-state index is -0.553. The maximum Gasteiger partial charge on any atom is 0.251 e. The van der Waals surface area contributed by atoms with Crippen LogP contribution in [-0.4, -0.2) is 23.9 Å². The number of carbonyl (C=O) groups excluding carboxylic acids is 2. The maximum absolute atomic E-state index is 11.7. The van der Waals surface area contributed by atoms with Crippen LogP contribution in [0.2, 0.25) is 0 Å². The molecule has 0 heterocycles. The van der Waals surface area contributed by atoms with Crippen molar-refractivity contribution in [3.63, 3.8) is 0 Å². The van der Waals surface area contributed by atoms with Crippen molar-refractivity contribution in [2.75, 3.05) is 5.32 Å². The van der Waals surface area contributed by atoms with E-state index in [0.29, 0.717) is 17.3 Å². The first-order valence-corrected chi connectivity index (χ1v) is 6.03. The highest BCUT2D eigenvalue weighted by Crippen LogP contribution is 2.19. The minimum absolute atomic E-state index is 0. The molecule has 1 aliphatic carbocycles. The zero-order valence-corrected chi connectivity index (χ0v) is 11.5. The van der Waals surface area contributed by atoms with Crippen LogP contribution in [0.15, 0.2) is 24.3 Å². The van der Waals surface area contributed by atoms with Crippen molar-refractivity contribution in [1.82, 2.24) is 5.32 Å². The van der Waals surface area contributed by atoms with Crippen LogP contribution in [0.3, 0.4) is 0 Å². The zero-order valence-electron chi connectivity index (χ0n) is 10.7. The fraction of sp³-hybridized carbons (Fsp3) is 0.385. The summed E-state index contributed by atoms with van der Waals surface area (Å²) >= 11 is 0. The molecule has 1 saturated carbocycles. The van der Waals surface area contributed by atoms with Crippen molar-refractivity contribution in [3.8, 4) is 0 Å². The molecular weight excluding hydrogens is 266 g/mol. The molecule has 6 heteroatoms. The maximum atomic E-state index is 11.7. The molecule has 0 radical (unpaired) electrons. The number of rotatable bonds is 4. The fourth-order valence-electron chi connectivity index (χ4n) is 1.46. The average Bonchev–Trinajstić information content (AvgIpc) is 3.13. The first-order chi connectivity index (χ1) is 8.56. The first kappa shape index (κ1) is 15.5. The Morgan fingerprint density at radius 1 is 1.26 bits per heavy atom. The molecule has 19 heavy (non-hydrogen) atoms. The molecule has 0 aliphatic heterocycles. The third-order valence-electron chi connectivity index (χ3n) is 2.74.